The first-order chi connectivity index (χ1) is 8.11. The number of esters is 1. The zero-order chi connectivity index (χ0) is 12.4. The summed E-state index contributed by atoms with van der Waals surface area (Å²) in [6.07, 6.45) is 0.630. The fourth-order valence-electron chi connectivity index (χ4n) is 1.92. The molecule has 1 amide bonds. The zero-order valence-electron chi connectivity index (χ0n) is 9.80. The molecule has 0 spiro atoms. The van der Waals surface area contributed by atoms with Crippen molar-refractivity contribution in [2.24, 2.45) is 5.92 Å². The van der Waals surface area contributed by atoms with E-state index in [0.29, 0.717) is 25.2 Å². The van der Waals surface area contributed by atoms with Crippen molar-refractivity contribution in [1.82, 2.24) is 10.1 Å². The molecule has 1 aliphatic heterocycles. The average molecular weight is 238 g/mol. The first-order valence-electron chi connectivity index (χ1n) is 5.42. The first kappa shape index (κ1) is 11.6. The molecule has 6 nitrogen and oxygen atoms in total. The average Bonchev–Trinajstić information content (AvgIpc) is 2.95. The first-order valence-corrected chi connectivity index (χ1v) is 5.42. The van der Waals surface area contributed by atoms with Crippen molar-refractivity contribution in [2.45, 2.75) is 13.3 Å². The monoisotopic (exact) mass is 238 g/mol. The second kappa shape index (κ2) is 4.57. The van der Waals surface area contributed by atoms with E-state index < -0.39 is 0 Å². The van der Waals surface area contributed by atoms with Crippen LogP contribution in [0.2, 0.25) is 0 Å². The third-order valence-corrected chi connectivity index (χ3v) is 2.85. The third-order valence-electron chi connectivity index (χ3n) is 2.85. The molecule has 1 aromatic heterocycles. The molecular weight excluding hydrogens is 224 g/mol. The van der Waals surface area contributed by atoms with Gasteiger partial charge in [-0.15, -0.1) is 0 Å². The number of nitrogens with zero attached hydrogens (tertiary/aromatic N) is 2. The topological polar surface area (TPSA) is 72.6 Å². The maximum absolute atomic E-state index is 12.0. The molecule has 1 saturated heterocycles. The largest absolute Gasteiger partial charge is 0.469 e. The van der Waals surface area contributed by atoms with Crippen LogP contribution in [0.4, 0.5) is 0 Å². The highest BCUT2D eigenvalue weighted by Crippen LogP contribution is 2.20. The number of carbonyl (C=O) groups is 2. The number of hydrogen-bond acceptors (Lipinski definition) is 5. The van der Waals surface area contributed by atoms with E-state index in [-0.39, 0.29) is 23.6 Å². The summed E-state index contributed by atoms with van der Waals surface area (Å²) in [7, 11) is 1.35. The Morgan fingerprint density at radius 2 is 2.35 bits per heavy atom. The van der Waals surface area contributed by atoms with Crippen LogP contribution >= 0.6 is 0 Å². The van der Waals surface area contributed by atoms with Crippen LogP contribution in [0.25, 0.3) is 0 Å². The van der Waals surface area contributed by atoms with Crippen molar-refractivity contribution in [3.63, 3.8) is 0 Å². The van der Waals surface area contributed by atoms with Gasteiger partial charge in [0.1, 0.15) is 0 Å². The van der Waals surface area contributed by atoms with Crippen LogP contribution < -0.4 is 0 Å². The number of rotatable bonds is 2. The summed E-state index contributed by atoms with van der Waals surface area (Å²) in [5.41, 5.74) is 0.664. The van der Waals surface area contributed by atoms with E-state index in [9.17, 15) is 9.59 Å². The van der Waals surface area contributed by atoms with Crippen LogP contribution in [-0.2, 0) is 9.53 Å². The van der Waals surface area contributed by atoms with Crippen LogP contribution in [0.3, 0.4) is 0 Å². The molecule has 2 heterocycles. The van der Waals surface area contributed by atoms with Crippen molar-refractivity contribution >= 4 is 11.9 Å². The van der Waals surface area contributed by atoms with Gasteiger partial charge in [0.15, 0.2) is 0 Å². The second-order valence-electron chi connectivity index (χ2n) is 4.09. The lowest BCUT2D eigenvalue weighted by molar-refractivity contribution is -0.144. The second-order valence-corrected chi connectivity index (χ2v) is 4.09. The lowest BCUT2D eigenvalue weighted by Gasteiger charge is -2.13. The number of amides is 1. The van der Waals surface area contributed by atoms with Crippen LogP contribution in [0.15, 0.2) is 10.6 Å². The number of methoxy groups -OCH3 is 1. The van der Waals surface area contributed by atoms with Crippen LogP contribution in [0.5, 0.6) is 0 Å². The van der Waals surface area contributed by atoms with E-state index in [1.165, 1.54) is 7.11 Å². The predicted molar refractivity (Wildman–Crippen MR) is 57.3 cm³/mol. The molecule has 0 N–H and O–H groups in total. The van der Waals surface area contributed by atoms with E-state index in [1.54, 1.807) is 17.9 Å². The maximum atomic E-state index is 12.0. The molecule has 92 valence electrons. The third kappa shape index (κ3) is 2.30. The van der Waals surface area contributed by atoms with Crippen LogP contribution in [-0.4, -0.2) is 42.1 Å². The standard InChI is InChI=1S/C11H14N2O4/c1-7-5-9(17-12-7)10(14)13-4-3-8(6-13)11(15)16-2/h5,8H,3-4,6H2,1-2H3. The van der Waals surface area contributed by atoms with E-state index in [1.807, 2.05) is 0 Å². The van der Waals surface area contributed by atoms with Gasteiger partial charge in [0.05, 0.1) is 18.7 Å². The summed E-state index contributed by atoms with van der Waals surface area (Å²) in [5, 5.41) is 3.67. The van der Waals surface area contributed by atoms with Gasteiger partial charge in [0, 0.05) is 19.2 Å². The number of hydrogen-bond donors (Lipinski definition) is 0. The Hall–Kier alpha value is -1.85. The van der Waals surface area contributed by atoms with Gasteiger partial charge in [-0.3, -0.25) is 9.59 Å². The molecule has 0 aromatic carbocycles. The van der Waals surface area contributed by atoms with Gasteiger partial charge < -0.3 is 14.2 Å². The molecule has 1 aromatic rings. The van der Waals surface area contributed by atoms with Crippen LogP contribution in [0.1, 0.15) is 22.7 Å². The van der Waals surface area contributed by atoms with Gasteiger partial charge in [-0.05, 0) is 13.3 Å². The fraction of sp³-hybridized carbons (Fsp3) is 0.545. The summed E-state index contributed by atoms with van der Waals surface area (Å²) in [4.78, 5) is 24.9. The summed E-state index contributed by atoms with van der Waals surface area (Å²) in [6.45, 7) is 2.67. The smallest absolute Gasteiger partial charge is 0.310 e. The Balaban J connectivity index is 2.01. The summed E-state index contributed by atoms with van der Waals surface area (Å²) in [6, 6.07) is 1.59. The molecule has 6 heteroatoms. The SMILES string of the molecule is COC(=O)C1CCN(C(=O)c2cc(C)no2)C1. The van der Waals surface area contributed by atoms with E-state index in [4.69, 9.17) is 4.52 Å². The van der Waals surface area contributed by atoms with Crippen LogP contribution in [0, 0.1) is 12.8 Å². The molecule has 17 heavy (non-hydrogen) atoms. The number of carbonyl (C=O) groups excluding carboxylic acids is 2. The molecule has 0 bridgehead atoms. The van der Waals surface area contributed by atoms with E-state index >= 15 is 0 Å². The normalized spacial score (nSPS) is 19.4. The van der Waals surface area contributed by atoms with E-state index in [0.717, 1.165) is 0 Å². The highest BCUT2D eigenvalue weighted by atomic mass is 16.5. The fourth-order valence-corrected chi connectivity index (χ4v) is 1.92. The molecule has 1 fully saturated rings. The van der Waals surface area contributed by atoms with Crippen molar-refractivity contribution in [3.05, 3.63) is 17.5 Å². The summed E-state index contributed by atoms with van der Waals surface area (Å²) in [5.74, 6) is -0.507. The molecule has 0 saturated carbocycles. The molecule has 1 aliphatic rings. The van der Waals surface area contributed by atoms with Crippen molar-refractivity contribution in [2.75, 3.05) is 20.2 Å². The number of aryl methyl sites for hydroxylation is 1. The Labute approximate surface area is 98.5 Å². The minimum Gasteiger partial charge on any atom is -0.469 e. The lowest BCUT2D eigenvalue weighted by atomic mass is 10.1. The summed E-state index contributed by atoms with van der Waals surface area (Å²) < 4.78 is 9.56. The van der Waals surface area contributed by atoms with Gasteiger partial charge in [-0.1, -0.05) is 5.16 Å². The van der Waals surface area contributed by atoms with Gasteiger partial charge in [0.25, 0.3) is 5.91 Å². The molecule has 2 rings (SSSR count). The predicted octanol–water partition coefficient (Wildman–Crippen LogP) is 0.618. The minimum absolute atomic E-state index is 0.216. The summed E-state index contributed by atoms with van der Waals surface area (Å²) >= 11 is 0. The molecular formula is C11H14N2O4. The highest BCUT2D eigenvalue weighted by molar-refractivity contribution is 5.92. The lowest BCUT2D eigenvalue weighted by Crippen LogP contribution is -2.29. The Kier molecular flexibility index (Phi) is 3.12. The maximum Gasteiger partial charge on any atom is 0.310 e. The molecule has 1 atom stereocenters. The van der Waals surface area contributed by atoms with E-state index in [2.05, 4.69) is 9.89 Å². The number of ether oxygens (including phenoxy) is 1. The number of likely N-dealkylation sites (tertiary alicyclic amines) is 1. The minimum atomic E-state index is -0.269. The zero-order valence-corrected chi connectivity index (χ0v) is 9.80. The Bertz CT molecular complexity index is 440. The number of aromatic nitrogens is 1. The Morgan fingerprint density at radius 1 is 1.59 bits per heavy atom. The molecule has 1 unspecified atom stereocenters. The quantitative estimate of drug-likeness (QED) is 0.706. The van der Waals surface area contributed by atoms with Gasteiger partial charge in [0.2, 0.25) is 5.76 Å². The van der Waals surface area contributed by atoms with Crippen molar-refractivity contribution in [1.29, 1.82) is 0 Å². The van der Waals surface area contributed by atoms with Gasteiger partial charge >= 0.3 is 5.97 Å². The van der Waals surface area contributed by atoms with Crippen molar-refractivity contribution in [3.8, 4) is 0 Å². The Morgan fingerprint density at radius 3 is 2.94 bits per heavy atom. The van der Waals surface area contributed by atoms with Gasteiger partial charge in [-0.2, -0.15) is 0 Å². The van der Waals surface area contributed by atoms with Crippen molar-refractivity contribution < 1.29 is 18.8 Å². The molecule has 0 aliphatic carbocycles. The highest BCUT2D eigenvalue weighted by Gasteiger charge is 2.33. The van der Waals surface area contributed by atoms with Gasteiger partial charge in [-0.25, -0.2) is 0 Å². The molecule has 0 radical (unpaired) electrons.